The Hall–Kier alpha value is -0.860. The van der Waals surface area contributed by atoms with Crippen molar-refractivity contribution in [3.8, 4) is 0 Å². The second-order valence-corrected chi connectivity index (χ2v) is 5.09. The summed E-state index contributed by atoms with van der Waals surface area (Å²) in [5.74, 6) is 0.871. The maximum Gasteiger partial charge on any atom is 0.0206 e. The van der Waals surface area contributed by atoms with Crippen molar-refractivity contribution in [3.05, 3.63) is 35.4 Å². The van der Waals surface area contributed by atoms with E-state index in [9.17, 15) is 0 Å². The smallest absolute Gasteiger partial charge is 0.0206 e. The summed E-state index contributed by atoms with van der Waals surface area (Å²) in [5, 5.41) is 3.49. The molecule has 0 unspecified atom stereocenters. The van der Waals surface area contributed by atoms with Crippen molar-refractivity contribution in [2.45, 2.75) is 32.2 Å². The molecule has 1 fully saturated rings. The molecule has 1 saturated carbocycles. The van der Waals surface area contributed by atoms with Crippen LogP contribution in [0, 0.1) is 0 Å². The summed E-state index contributed by atoms with van der Waals surface area (Å²) in [6.45, 7) is 6.49. The monoisotopic (exact) mass is 232 g/mol. The van der Waals surface area contributed by atoms with E-state index in [1.54, 1.807) is 0 Å². The van der Waals surface area contributed by atoms with Crippen LogP contribution in [0.3, 0.4) is 0 Å². The minimum Gasteiger partial charge on any atom is -0.311 e. The van der Waals surface area contributed by atoms with Crippen LogP contribution in [0.2, 0.25) is 0 Å². The highest BCUT2D eigenvalue weighted by atomic mass is 15.1. The standard InChI is InChI=1S/C15H24N2/c1-3-17(2)11-10-16-12-13-4-6-14(7-5-13)15-8-9-15/h4-7,15-16H,3,8-12H2,1-2H3. The zero-order valence-corrected chi connectivity index (χ0v) is 11.1. The molecule has 1 aliphatic rings. The maximum atomic E-state index is 3.49. The van der Waals surface area contributed by atoms with Gasteiger partial charge in [0.15, 0.2) is 0 Å². The molecule has 2 nitrogen and oxygen atoms in total. The van der Waals surface area contributed by atoms with Gasteiger partial charge in [-0.2, -0.15) is 0 Å². The predicted octanol–water partition coefficient (Wildman–Crippen LogP) is 2.61. The molecule has 17 heavy (non-hydrogen) atoms. The number of likely N-dealkylation sites (N-methyl/N-ethyl adjacent to an activating group) is 1. The Morgan fingerprint density at radius 1 is 1.24 bits per heavy atom. The van der Waals surface area contributed by atoms with Crippen LogP contribution in [0.15, 0.2) is 24.3 Å². The van der Waals surface area contributed by atoms with Gasteiger partial charge in [0.1, 0.15) is 0 Å². The fourth-order valence-corrected chi connectivity index (χ4v) is 1.99. The SMILES string of the molecule is CCN(C)CCNCc1ccc(C2CC2)cc1. The van der Waals surface area contributed by atoms with Crippen LogP contribution in [0.4, 0.5) is 0 Å². The molecule has 0 atom stereocenters. The van der Waals surface area contributed by atoms with E-state index in [0.29, 0.717) is 0 Å². The van der Waals surface area contributed by atoms with Gasteiger partial charge in [-0.15, -0.1) is 0 Å². The second kappa shape index (κ2) is 6.18. The van der Waals surface area contributed by atoms with Crippen molar-refractivity contribution >= 4 is 0 Å². The van der Waals surface area contributed by atoms with Crippen LogP contribution < -0.4 is 5.32 Å². The van der Waals surface area contributed by atoms with E-state index >= 15 is 0 Å². The highest BCUT2D eigenvalue weighted by Gasteiger charge is 2.22. The van der Waals surface area contributed by atoms with E-state index in [1.807, 2.05) is 0 Å². The van der Waals surface area contributed by atoms with Crippen molar-refractivity contribution in [2.75, 3.05) is 26.7 Å². The van der Waals surface area contributed by atoms with E-state index in [2.05, 4.69) is 48.5 Å². The van der Waals surface area contributed by atoms with Crippen LogP contribution in [0.5, 0.6) is 0 Å². The molecule has 0 aliphatic heterocycles. The lowest BCUT2D eigenvalue weighted by Gasteiger charge is -2.14. The van der Waals surface area contributed by atoms with Crippen molar-refractivity contribution < 1.29 is 0 Å². The van der Waals surface area contributed by atoms with Gasteiger partial charge in [-0.05, 0) is 43.5 Å². The van der Waals surface area contributed by atoms with Crippen molar-refractivity contribution in [2.24, 2.45) is 0 Å². The first kappa shape index (κ1) is 12.6. The third kappa shape index (κ3) is 4.14. The Morgan fingerprint density at radius 3 is 2.53 bits per heavy atom. The largest absolute Gasteiger partial charge is 0.311 e. The number of nitrogens with one attached hydrogen (secondary N) is 1. The fourth-order valence-electron chi connectivity index (χ4n) is 1.99. The van der Waals surface area contributed by atoms with Crippen LogP contribution in [0.25, 0.3) is 0 Å². The highest BCUT2D eigenvalue weighted by molar-refractivity contribution is 5.27. The van der Waals surface area contributed by atoms with Gasteiger partial charge >= 0.3 is 0 Å². The highest BCUT2D eigenvalue weighted by Crippen LogP contribution is 2.39. The number of hydrogen-bond donors (Lipinski definition) is 1. The summed E-state index contributed by atoms with van der Waals surface area (Å²) in [6, 6.07) is 9.13. The topological polar surface area (TPSA) is 15.3 Å². The Morgan fingerprint density at radius 2 is 1.94 bits per heavy atom. The zero-order chi connectivity index (χ0) is 12.1. The normalized spacial score (nSPS) is 15.5. The summed E-state index contributed by atoms with van der Waals surface area (Å²) in [6.07, 6.45) is 2.78. The molecule has 0 bridgehead atoms. The fraction of sp³-hybridized carbons (Fsp3) is 0.600. The summed E-state index contributed by atoms with van der Waals surface area (Å²) >= 11 is 0. The molecule has 1 aromatic carbocycles. The predicted molar refractivity (Wildman–Crippen MR) is 73.3 cm³/mol. The average molecular weight is 232 g/mol. The molecule has 0 saturated heterocycles. The first-order chi connectivity index (χ1) is 8.29. The molecule has 1 aromatic rings. The minimum absolute atomic E-state index is 0.871. The van der Waals surface area contributed by atoms with E-state index in [-0.39, 0.29) is 0 Å². The van der Waals surface area contributed by atoms with Crippen molar-refractivity contribution in [3.63, 3.8) is 0 Å². The molecule has 2 rings (SSSR count). The Balaban J connectivity index is 1.68. The van der Waals surface area contributed by atoms with Gasteiger partial charge in [-0.25, -0.2) is 0 Å². The van der Waals surface area contributed by atoms with Gasteiger partial charge in [0.2, 0.25) is 0 Å². The number of benzene rings is 1. The van der Waals surface area contributed by atoms with Gasteiger partial charge in [0.05, 0.1) is 0 Å². The second-order valence-electron chi connectivity index (χ2n) is 5.09. The van der Waals surface area contributed by atoms with Gasteiger partial charge in [-0.1, -0.05) is 31.2 Å². The Bertz CT molecular complexity index is 327. The molecule has 0 amide bonds. The van der Waals surface area contributed by atoms with Gasteiger partial charge in [0, 0.05) is 19.6 Å². The summed E-state index contributed by atoms with van der Waals surface area (Å²) in [4.78, 5) is 2.32. The first-order valence-corrected chi connectivity index (χ1v) is 6.77. The zero-order valence-electron chi connectivity index (χ0n) is 11.1. The van der Waals surface area contributed by atoms with Crippen LogP contribution in [0.1, 0.15) is 36.8 Å². The van der Waals surface area contributed by atoms with E-state index < -0.39 is 0 Å². The Kier molecular flexibility index (Phi) is 4.57. The molecule has 1 N–H and O–H groups in total. The summed E-state index contributed by atoms with van der Waals surface area (Å²) in [5.41, 5.74) is 2.92. The molecule has 1 aliphatic carbocycles. The molecular formula is C15H24N2. The quantitative estimate of drug-likeness (QED) is 0.727. The lowest BCUT2D eigenvalue weighted by atomic mass is 10.1. The summed E-state index contributed by atoms with van der Waals surface area (Å²) in [7, 11) is 2.16. The summed E-state index contributed by atoms with van der Waals surface area (Å²) < 4.78 is 0. The van der Waals surface area contributed by atoms with Crippen LogP contribution in [-0.2, 0) is 6.54 Å². The number of nitrogens with zero attached hydrogens (tertiary/aromatic N) is 1. The third-order valence-electron chi connectivity index (χ3n) is 3.57. The van der Waals surface area contributed by atoms with Crippen molar-refractivity contribution in [1.29, 1.82) is 0 Å². The molecule has 0 radical (unpaired) electrons. The first-order valence-electron chi connectivity index (χ1n) is 6.77. The molecule has 2 heteroatoms. The van der Waals surface area contributed by atoms with Crippen LogP contribution >= 0.6 is 0 Å². The number of rotatable bonds is 7. The van der Waals surface area contributed by atoms with Gasteiger partial charge in [0.25, 0.3) is 0 Å². The lowest BCUT2D eigenvalue weighted by molar-refractivity contribution is 0.349. The van der Waals surface area contributed by atoms with Gasteiger partial charge < -0.3 is 10.2 Å². The Labute approximate surface area is 105 Å². The molecule has 0 aromatic heterocycles. The third-order valence-corrected chi connectivity index (χ3v) is 3.57. The van der Waals surface area contributed by atoms with Crippen molar-refractivity contribution in [1.82, 2.24) is 10.2 Å². The van der Waals surface area contributed by atoms with E-state index in [0.717, 1.165) is 32.1 Å². The van der Waals surface area contributed by atoms with Crippen LogP contribution in [-0.4, -0.2) is 31.6 Å². The maximum absolute atomic E-state index is 3.49. The molecule has 0 spiro atoms. The van der Waals surface area contributed by atoms with E-state index in [1.165, 1.54) is 24.0 Å². The lowest BCUT2D eigenvalue weighted by Crippen LogP contribution is -2.28. The molecule has 0 heterocycles. The molecular weight excluding hydrogens is 208 g/mol. The minimum atomic E-state index is 0.871. The average Bonchev–Trinajstić information content (AvgIpc) is 3.19. The molecule has 94 valence electrons. The van der Waals surface area contributed by atoms with E-state index in [4.69, 9.17) is 0 Å². The number of hydrogen-bond acceptors (Lipinski definition) is 2. The van der Waals surface area contributed by atoms with Gasteiger partial charge in [-0.3, -0.25) is 0 Å².